The molecule has 0 aliphatic carbocycles. The minimum absolute atomic E-state index is 0.0887. The fourth-order valence-corrected chi connectivity index (χ4v) is 2.74. The van der Waals surface area contributed by atoms with Gasteiger partial charge in [-0.05, 0) is 19.3 Å². The maximum Gasteiger partial charge on any atom is 0.330 e. The van der Waals surface area contributed by atoms with Crippen molar-refractivity contribution >= 4 is 8.38 Å². The first-order valence-corrected chi connectivity index (χ1v) is 8.43. The summed E-state index contributed by atoms with van der Waals surface area (Å²) in [5, 5.41) is 0. The molecule has 21 heavy (non-hydrogen) atoms. The molecule has 8 heteroatoms. The summed E-state index contributed by atoms with van der Waals surface area (Å²) < 4.78 is 18.0. The van der Waals surface area contributed by atoms with E-state index >= 15 is 0 Å². The van der Waals surface area contributed by atoms with Crippen molar-refractivity contribution < 1.29 is 13.8 Å². The Bertz CT molecular complexity index is 599. The summed E-state index contributed by atoms with van der Waals surface area (Å²) >= 11 is 0. The number of nitrogens with one attached hydrogen (secondary N) is 1. The van der Waals surface area contributed by atoms with E-state index in [2.05, 4.69) is 11.9 Å². The van der Waals surface area contributed by atoms with Gasteiger partial charge in [0.2, 0.25) is 0 Å². The van der Waals surface area contributed by atoms with E-state index in [4.69, 9.17) is 13.8 Å². The maximum atomic E-state index is 11.9. The summed E-state index contributed by atoms with van der Waals surface area (Å²) in [6.07, 6.45) is 1.79. The lowest BCUT2D eigenvalue weighted by molar-refractivity contribution is -0.0264. The van der Waals surface area contributed by atoms with Crippen LogP contribution in [-0.4, -0.2) is 36.0 Å². The highest BCUT2D eigenvalue weighted by atomic mass is 31.2. The molecule has 2 rings (SSSR count). The summed E-state index contributed by atoms with van der Waals surface area (Å²) in [7, 11) is 0.713. The lowest BCUT2D eigenvalue weighted by Crippen LogP contribution is -2.33. The number of H-pyrrole nitrogens is 1. The van der Waals surface area contributed by atoms with Gasteiger partial charge in [-0.3, -0.25) is 14.3 Å². The van der Waals surface area contributed by atoms with Gasteiger partial charge in [-0.1, -0.05) is 6.92 Å². The van der Waals surface area contributed by atoms with E-state index in [-0.39, 0.29) is 23.8 Å². The van der Waals surface area contributed by atoms with Crippen LogP contribution in [0.3, 0.4) is 0 Å². The number of ether oxygens (including phenoxy) is 1. The monoisotopic (exact) mass is 316 g/mol. The van der Waals surface area contributed by atoms with E-state index in [0.29, 0.717) is 18.6 Å². The van der Waals surface area contributed by atoms with Crippen molar-refractivity contribution in [1.82, 2.24) is 9.55 Å². The molecule has 1 aliphatic heterocycles. The van der Waals surface area contributed by atoms with Crippen molar-refractivity contribution in [2.45, 2.75) is 32.6 Å². The summed E-state index contributed by atoms with van der Waals surface area (Å²) in [6.45, 7) is 6.03. The van der Waals surface area contributed by atoms with E-state index in [0.717, 1.165) is 0 Å². The predicted octanol–water partition coefficient (Wildman–Crippen LogP) is 1.37. The SMILES string of the molecule is COP(C)OCC1OC(n2cc(C)c(=O)[nH]c2=O)CC1C. The molecule has 118 valence electrons. The third kappa shape index (κ3) is 3.80. The zero-order valence-corrected chi connectivity index (χ0v) is 13.6. The smallest absolute Gasteiger partial charge is 0.330 e. The molecule has 7 nitrogen and oxygen atoms in total. The Morgan fingerprint density at radius 3 is 2.90 bits per heavy atom. The third-order valence-electron chi connectivity index (χ3n) is 3.67. The van der Waals surface area contributed by atoms with Crippen LogP contribution in [-0.2, 0) is 13.8 Å². The standard InChI is InChI=1S/C13H21N2O5P/c1-8-5-11(20-10(8)7-19-21(4)18-3)15-6-9(2)12(16)14-13(15)17/h6,8,10-11H,5,7H2,1-4H3,(H,14,16,17). The molecule has 4 unspecified atom stereocenters. The van der Waals surface area contributed by atoms with Gasteiger partial charge in [-0.2, -0.15) is 0 Å². The minimum Gasteiger partial charge on any atom is -0.352 e. The maximum absolute atomic E-state index is 11.9. The van der Waals surface area contributed by atoms with Crippen LogP contribution in [0.1, 0.15) is 25.1 Å². The van der Waals surface area contributed by atoms with Gasteiger partial charge in [-0.25, -0.2) is 4.79 Å². The lowest BCUT2D eigenvalue weighted by atomic mass is 10.0. The molecule has 0 amide bonds. The third-order valence-corrected chi connectivity index (χ3v) is 4.70. The summed E-state index contributed by atoms with van der Waals surface area (Å²) in [5.74, 6) is 0.259. The minimum atomic E-state index is -0.894. The summed E-state index contributed by atoms with van der Waals surface area (Å²) in [5.41, 5.74) is -0.320. The number of aromatic nitrogens is 2. The van der Waals surface area contributed by atoms with Crippen LogP contribution in [0.4, 0.5) is 0 Å². The van der Waals surface area contributed by atoms with Crippen LogP contribution in [0.25, 0.3) is 0 Å². The Morgan fingerprint density at radius 2 is 2.24 bits per heavy atom. The van der Waals surface area contributed by atoms with E-state index in [1.807, 2.05) is 6.66 Å². The van der Waals surface area contributed by atoms with Crippen molar-refractivity contribution in [1.29, 1.82) is 0 Å². The van der Waals surface area contributed by atoms with Gasteiger partial charge in [0, 0.05) is 25.5 Å². The Kier molecular flexibility index (Phi) is 5.32. The molecule has 0 aromatic carbocycles. The highest BCUT2D eigenvalue weighted by Gasteiger charge is 2.34. The molecular weight excluding hydrogens is 295 g/mol. The highest BCUT2D eigenvalue weighted by Crippen LogP contribution is 2.37. The zero-order valence-electron chi connectivity index (χ0n) is 12.7. The topological polar surface area (TPSA) is 82.6 Å². The average molecular weight is 316 g/mol. The number of hydrogen-bond donors (Lipinski definition) is 1. The normalized spacial score (nSPS) is 27.0. The fourth-order valence-electron chi connectivity index (χ4n) is 2.28. The van der Waals surface area contributed by atoms with Crippen LogP contribution in [0.5, 0.6) is 0 Å². The fraction of sp³-hybridized carbons (Fsp3) is 0.692. The Balaban J connectivity index is 2.09. The highest BCUT2D eigenvalue weighted by molar-refractivity contribution is 7.46. The molecule has 0 spiro atoms. The molecule has 2 heterocycles. The first kappa shape index (κ1) is 16.4. The first-order valence-electron chi connectivity index (χ1n) is 6.80. The average Bonchev–Trinajstić information content (AvgIpc) is 2.81. The molecule has 0 radical (unpaired) electrons. The number of nitrogens with zero attached hydrogens (tertiary/aromatic N) is 1. The van der Waals surface area contributed by atoms with Crippen molar-refractivity contribution in [3.63, 3.8) is 0 Å². The number of aryl methyl sites for hydroxylation is 1. The van der Waals surface area contributed by atoms with E-state index in [9.17, 15) is 9.59 Å². The summed E-state index contributed by atoms with van der Waals surface area (Å²) in [4.78, 5) is 25.6. The number of rotatable bonds is 5. The zero-order chi connectivity index (χ0) is 15.6. The van der Waals surface area contributed by atoms with Gasteiger partial charge >= 0.3 is 5.69 Å². The van der Waals surface area contributed by atoms with Crippen molar-refractivity contribution in [3.05, 3.63) is 32.6 Å². The van der Waals surface area contributed by atoms with E-state index < -0.39 is 14.1 Å². The molecule has 0 saturated carbocycles. The van der Waals surface area contributed by atoms with Gasteiger partial charge in [0.15, 0.2) is 8.38 Å². The molecule has 4 atom stereocenters. The van der Waals surface area contributed by atoms with Gasteiger partial charge in [-0.15, -0.1) is 0 Å². The van der Waals surface area contributed by atoms with Crippen LogP contribution < -0.4 is 11.2 Å². The quantitative estimate of drug-likeness (QED) is 0.830. The van der Waals surface area contributed by atoms with Crippen molar-refractivity contribution in [2.24, 2.45) is 5.92 Å². The van der Waals surface area contributed by atoms with E-state index in [1.54, 1.807) is 20.2 Å². The largest absolute Gasteiger partial charge is 0.352 e. The molecule has 1 aromatic rings. The summed E-state index contributed by atoms with van der Waals surface area (Å²) in [6, 6.07) is 0. The molecule has 1 saturated heterocycles. The van der Waals surface area contributed by atoms with Gasteiger partial charge in [0.25, 0.3) is 5.56 Å². The molecular formula is C13H21N2O5P. The lowest BCUT2D eigenvalue weighted by Gasteiger charge is -2.18. The first-order chi connectivity index (χ1) is 9.92. The Hall–Kier alpha value is -1.01. The van der Waals surface area contributed by atoms with E-state index in [1.165, 1.54) is 4.57 Å². The molecule has 1 aliphatic rings. The second-order valence-corrected chi connectivity index (χ2v) is 6.74. The molecule has 1 fully saturated rings. The van der Waals surface area contributed by atoms with Crippen LogP contribution >= 0.6 is 8.38 Å². The predicted molar refractivity (Wildman–Crippen MR) is 79.6 cm³/mol. The van der Waals surface area contributed by atoms with Crippen molar-refractivity contribution in [3.8, 4) is 0 Å². The molecule has 1 N–H and O–H groups in total. The van der Waals surface area contributed by atoms with Crippen molar-refractivity contribution in [2.75, 3.05) is 20.4 Å². The van der Waals surface area contributed by atoms with Gasteiger partial charge in [0.1, 0.15) is 6.23 Å². The van der Waals surface area contributed by atoms with Crippen LogP contribution in [0, 0.1) is 12.8 Å². The Labute approximate surface area is 124 Å². The molecule has 1 aromatic heterocycles. The molecule has 0 bridgehead atoms. The van der Waals surface area contributed by atoms with Gasteiger partial charge < -0.3 is 13.8 Å². The number of hydrogen-bond acceptors (Lipinski definition) is 5. The van der Waals surface area contributed by atoms with Crippen LogP contribution in [0.15, 0.2) is 15.8 Å². The second kappa shape index (κ2) is 6.83. The number of aromatic amines is 1. The second-order valence-electron chi connectivity index (χ2n) is 5.24. The Morgan fingerprint density at radius 1 is 1.52 bits per heavy atom. The van der Waals surface area contributed by atoms with Gasteiger partial charge in [0.05, 0.1) is 12.7 Å². The van der Waals surface area contributed by atoms with Crippen LogP contribution in [0.2, 0.25) is 0 Å².